The number of fused-ring (bicyclic) bond motifs is 3. The van der Waals surface area contributed by atoms with Gasteiger partial charge >= 0.3 is 0 Å². The normalized spacial score (nSPS) is 10.4. The number of halogens is 1. The topological polar surface area (TPSA) is 15.8 Å². The zero-order valence-corrected chi connectivity index (χ0v) is 10.7. The van der Waals surface area contributed by atoms with Gasteiger partial charge in [-0.2, -0.15) is 0 Å². The quantitative estimate of drug-likeness (QED) is 0.473. The molecule has 0 saturated heterocycles. The second-order valence-electron chi connectivity index (χ2n) is 3.87. The largest absolute Gasteiger partial charge is 0.355 e. The van der Waals surface area contributed by atoms with Gasteiger partial charge in [0, 0.05) is 27.4 Å². The maximum Gasteiger partial charge on any atom is 0.0649 e. The molecule has 0 aliphatic rings. The Kier molecular flexibility index (Phi) is 2.62. The number of benzene rings is 2. The van der Waals surface area contributed by atoms with Crippen LogP contribution in [0.25, 0.3) is 21.8 Å². The van der Waals surface area contributed by atoms with Crippen molar-refractivity contribution in [2.45, 2.75) is 0 Å². The first-order valence-corrected chi connectivity index (χ1v) is 6.56. The summed E-state index contributed by atoms with van der Waals surface area (Å²) in [6, 6.07) is 14.6. The summed E-state index contributed by atoms with van der Waals surface area (Å²) in [4.78, 5) is 3.40. The van der Waals surface area contributed by atoms with E-state index >= 15 is 0 Å². The molecule has 0 radical (unpaired) electrons. The van der Waals surface area contributed by atoms with Crippen LogP contribution in [0.15, 0.2) is 42.5 Å². The Bertz CT molecular complexity index is 744. The molecule has 2 heteroatoms. The summed E-state index contributed by atoms with van der Waals surface area (Å²) in [5.74, 6) is 6.16. The van der Waals surface area contributed by atoms with Crippen LogP contribution >= 0.6 is 15.9 Å². The Morgan fingerprint density at radius 1 is 1.00 bits per heavy atom. The van der Waals surface area contributed by atoms with Crippen molar-refractivity contribution in [2.75, 3.05) is 5.33 Å². The van der Waals surface area contributed by atoms with E-state index in [4.69, 9.17) is 0 Å². The van der Waals surface area contributed by atoms with Crippen molar-refractivity contribution >= 4 is 37.7 Å². The summed E-state index contributed by atoms with van der Waals surface area (Å²) >= 11 is 3.31. The summed E-state index contributed by atoms with van der Waals surface area (Å²) in [7, 11) is 0. The second kappa shape index (κ2) is 4.27. The van der Waals surface area contributed by atoms with Gasteiger partial charge in [-0.05, 0) is 24.3 Å². The molecule has 0 atom stereocenters. The highest BCUT2D eigenvalue weighted by atomic mass is 79.9. The zero-order valence-electron chi connectivity index (χ0n) is 9.13. The van der Waals surface area contributed by atoms with Crippen molar-refractivity contribution in [3.05, 3.63) is 48.0 Å². The molecule has 17 heavy (non-hydrogen) atoms. The van der Waals surface area contributed by atoms with Gasteiger partial charge in [-0.25, -0.2) is 0 Å². The van der Waals surface area contributed by atoms with E-state index in [9.17, 15) is 0 Å². The van der Waals surface area contributed by atoms with Gasteiger partial charge in [0.05, 0.1) is 5.33 Å². The molecular weight excluding hydrogens is 274 g/mol. The van der Waals surface area contributed by atoms with Crippen LogP contribution in [0.4, 0.5) is 0 Å². The highest BCUT2D eigenvalue weighted by Gasteiger charge is 2.02. The van der Waals surface area contributed by atoms with Gasteiger partial charge in [0.2, 0.25) is 0 Å². The van der Waals surface area contributed by atoms with E-state index < -0.39 is 0 Å². The van der Waals surface area contributed by atoms with Gasteiger partial charge in [-0.3, -0.25) is 0 Å². The molecule has 0 amide bonds. The fourth-order valence-corrected chi connectivity index (χ4v) is 2.20. The van der Waals surface area contributed by atoms with Crippen LogP contribution in [0.3, 0.4) is 0 Å². The lowest BCUT2D eigenvalue weighted by Crippen LogP contribution is -1.74. The monoisotopic (exact) mass is 283 g/mol. The Morgan fingerprint density at radius 3 is 2.71 bits per heavy atom. The molecule has 0 unspecified atom stereocenters. The average molecular weight is 284 g/mol. The summed E-state index contributed by atoms with van der Waals surface area (Å²) in [6.07, 6.45) is 0. The van der Waals surface area contributed by atoms with E-state index in [2.05, 4.69) is 63.1 Å². The summed E-state index contributed by atoms with van der Waals surface area (Å²) < 4.78 is 0. The van der Waals surface area contributed by atoms with E-state index in [0.717, 1.165) is 11.1 Å². The summed E-state index contributed by atoms with van der Waals surface area (Å²) in [5.41, 5.74) is 3.39. The van der Waals surface area contributed by atoms with Gasteiger partial charge in [0.1, 0.15) is 0 Å². The highest BCUT2D eigenvalue weighted by Crippen LogP contribution is 2.25. The molecule has 0 spiro atoms. The summed E-state index contributed by atoms with van der Waals surface area (Å²) in [5, 5.41) is 3.20. The third-order valence-corrected chi connectivity index (χ3v) is 3.09. The third kappa shape index (κ3) is 1.83. The molecule has 3 rings (SSSR count). The van der Waals surface area contributed by atoms with Gasteiger partial charge in [-0.1, -0.05) is 46.0 Å². The minimum absolute atomic E-state index is 0.707. The maximum absolute atomic E-state index is 3.40. The Morgan fingerprint density at radius 2 is 1.82 bits per heavy atom. The van der Waals surface area contributed by atoms with Crippen molar-refractivity contribution in [3.8, 4) is 11.8 Å². The molecule has 1 nitrogen and oxygen atoms in total. The predicted molar refractivity (Wildman–Crippen MR) is 76.5 cm³/mol. The number of alkyl halides is 1. The average Bonchev–Trinajstić information content (AvgIpc) is 2.74. The fourth-order valence-electron chi connectivity index (χ4n) is 2.06. The minimum Gasteiger partial charge on any atom is -0.355 e. The molecular formula is C15H10BrN. The molecule has 3 aromatic rings. The number of hydrogen-bond acceptors (Lipinski definition) is 0. The lowest BCUT2D eigenvalue weighted by atomic mass is 10.1. The van der Waals surface area contributed by atoms with Crippen molar-refractivity contribution in [2.24, 2.45) is 0 Å². The van der Waals surface area contributed by atoms with Crippen LogP contribution in [0, 0.1) is 11.8 Å². The third-order valence-electron chi connectivity index (χ3n) is 2.81. The number of para-hydroxylation sites is 1. The molecule has 0 aliphatic heterocycles. The Balaban J connectivity index is 2.30. The van der Waals surface area contributed by atoms with Crippen LogP contribution in [-0.4, -0.2) is 10.3 Å². The first-order valence-electron chi connectivity index (χ1n) is 5.44. The number of aromatic amines is 1. The predicted octanol–water partition coefficient (Wildman–Crippen LogP) is 4.07. The number of rotatable bonds is 0. The molecule has 0 fully saturated rings. The number of hydrogen-bond donors (Lipinski definition) is 1. The maximum atomic E-state index is 3.40. The zero-order chi connectivity index (χ0) is 11.7. The van der Waals surface area contributed by atoms with Crippen molar-refractivity contribution in [1.29, 1.82) is 0 Å². The Labute approximate surface area is 108 Å². The van der Waals surface area contributed by atoms with Gasteiger partial charge in [0.25, 0.3) is 0 Å². The number of nitrogens with one attached hydrogen (secondary N) is 1. The molecule has 0 bridgehead atoms. The van der Waals surface area contributed by atoms with Crippen LogP contribution in [0.2, 0.25) is 0 Å². The number of H-pyrrole nitrogens is 1. The molecule has 1 N–H and O–H groups in total. The fraction of sp³-hybridized carbons (Fsp3) is 0.0667. The lowest BCUT2D eigenvalue weighted by molar-refractivity contribution is 1.54. The van der Waals surface area contributed by atoms with Gasteiger partial charge < -0.3 is 4.98 Å². The van der Waals surface area contributed by atoms with Crippen LogP contribution < -0.4 is 0 Å². The molecule has 2 aromatic carbocycles. The van der Waals surface area contributed by atoms with E-state index in [1.165, 1.54) is 16.3 Å². The van der Waals surface area contributed by atoms with Crippen LogP contribution in [0.1, 0.15) is 5.56 Å². The number of aromatic nitrogens is 1. The van der Waals surface area contributed by atoms with Crippen LogP contribution in [0.5, 0.6) is 0 Å². The Hall–Kier alpha value is -1.72. The van der Waals surface area contributed by atoms with E-state index in [1.54, 1.807) is 0 Å². The lowest BCUT2D eigenvalue weighted by Gasteiger charge is -1.92. The van der Waals surface area contributed by atoms with Crippen LogP contribution in [-0.2, 0) is 0 Å². The van der Waals surface area contributed by atoms with Crippen molar-refractivity contribution in [1.82, 2.24) is 4.98 Å². The van der Waals surface area contributed by atoms with E-state index in [-0.39, 0.29) is 0 Å². The second-order valence-corrected chi connectivity index (χ2v) is 4.43. The molecule has 1 aromatic heterocycles. The van der Waals surface area contributed by atoms with E-state index in [1.807, 2.05) is 12.1 Å². The molecule has 82 valence electrons. The van der Waals surface area contributed by atoms with E-state index in [0.29, 0.717) is 5.33 Å². The van der Waals surface area contributed by atoms with Gasteiger partial charge in [0.15, 0.2) is 0 Å². The highest BCUT2D eigenvalue weighted by molar-refractivity contribution is 9.09. The standard InChI is InChI=1S/C15H10BrN/c16-9-3-4-11-7-8-15-13(10-11)12-5-1-2-6-14(12)17-15/h1-2,5-8,10,17H,9H2. The first-order chi connectivity index (χ1) is 8.38. The SMILES string of the molecule is BrCC#Cc1ccc2[nH]c3ccccc3c2c1. The molecule has 1 heterocycles. The molecule has 0 saturated carbocycles. The van der Waals surface area contributed by atoms with Crippen molar-refractivity contribution < 1.29 is 0 Å². The minimum atomic E-state index is 0.707. The van der Waals surface area contributed by atoms with Crippen molar-refractivity contribution in [3.63, 3.8) is 0 Å². The molecule has 0 aliphatic carbocycles. The summed E-state index contributed by atoms with van der Waals surface area (Å²) in [6.45, 7) is 0. The first kappa shape index (κ1) is 10.4. The van der Waals surface area contributed by atoms with Gasteiger partial charge in [-0.15, -0.1) is 0 Å². The smallest absolute Gasteiger partial charge is 0.0649 e.